The van der Waals surface area contributed by atoms with Crippen molar-refractivity contribution in [3.05, 3.63) is 45.5 Å². The number of carbonyl (C=O) groups is 2. The van der Waals surface area contributed by atoms with Gasteiger partial charge in [-0.2, -0.15) is 0 Å². The number of methoxy groups -OCH3 is 3. The molecule has 2 rings (SSSR count). The first-order valence-electron chi connectivity index (χ1n) is 8.56. The zero-order valence-electron chi connectivity index (χ0n) is 16.7. The van der Waals surface area contributed by atoms with Gasteiger partial charge in [0.2, 0.25) is 5.75 Å². The molecule has 0 aliphatic rings. The van der Waals surface area contributed by atoms with E-state index < -0.39 is 23.5 Å². The summed E-state index contributed by atoms with van der Waals surface area (Å²) in [6.07, 6.45) is -0.267. The Labute approximate surface area is 166 Å². The minimum Gasteiger partial charge on any atom is -0.507 e. The van der Waals surface area contributed by atoms with Crippen LogP contribution in [0.5, 0.6) is 23.0 Å². The van der Waals surface area contributed by atoms with E-state index in [4.69, 9.17) is 23.4 Å². The van der Waals surface area contributed by atoms with Gasteiger partial charge in [0.05, 0.1) is 33.3 Å². The molecule has 1 N–H and O–H groups in total. The van der Waals surface area contributed by atoms with Crippen LogP contribution in [0.3, 0.4) is 0 Å². The highest BCUT2D eigenvalue weighted by Crippen LogP contribution is 2.43. The molecule has 9 nitrogen and oxygen atoms in total. The molecule has 0 saturated carbocycles. The molecular weight excluding hydrogens is 384 g/mol. The molecule has 0 radical (unpaired) electrons. The first-order valence-corrected chi connectivity index (χ1v) is 8.56. The summed E-state index contributed by atoms with van der Waals surface area (Å²) in [5, 5.41) is 10.4. The Morgan fingerprint density at radius 3 is 2.14 bits per heavy atom. The van der Waals surface area contributed by atoms with E-state index >= 15 is 0 Å². The van der Waals surface area contributed by atoms with Crippen molar-refractivity contribution in [1.82, 2.24) is 0 Å². The average molecular weight is 406 g/mol. The fourth-order valence-electron chi connectivity index (χ4n) is 2.91. The van der Waals surface area contributed by atoms with Crippen LogP contribution < -0.4 is 19.8 Å². The van der Waals surface area contributed by atoms with Crippen LogP contribution in [0.4, 0.5) is 0 Å². The van der Waals surface area contributed by atoms with Crippen molar-refractivity contribution in [2.24, 2.45) is 0 Å². The molecule has 0 unspecified atom stereocenters. The van der Waals surface area contributed by atoms with Crippen LogP contribution in [0.1, 0.15) is 36.1 Å². The second kappa shape index (κ2) is 9.13. The quantitative estimate of drug-likeness (QED) is 0.545. The molecule has 0 fully saturated rings. The van der Waals surface area contributed by atoms with Gasteiger partial charge < -0.3 is 28.5 Å². The summed E-state index contributed by atoms with van der Waals surface area (Å²) in [6, 6.07) is 4.24. The number of hydrogen-bond acceptors (Lipinski definition) is 9. The maximum atomic E-state index is 12.5. The predicted octanol–water partition coefficient (Wildman–Crippen LogP) is 2.29. The standard InChI is InChI=1S/C20H22O9/c1-10-6-14(22)18(20(24)28-10)13(9-17(23)27-5)12-7-15(25-3)19(29-11(2)21)16(8-12)26-4/h6-8,13,22H,9H2,1-5H3/t13-/m1/s1. The van der Waals surface area contributed by atoms with E-state index in [1.807, 2.05) is 0 Å². The van der Waals surface area contributed by atoms with E-state index in [1.54, 1.807) is 0 Å². The second-order valence-corrected chi connectivity index (χ2v) is 6.12. The van der Waals surface area contributed by atoms with Gasteiger partial charge in [0.25, 0.3) is 0 Å². The van der Waals surface area contributed by atoms with Crippen LogP contribution in [0.2, 0.25) is 0 Å². The monoisotopic (exact) mass is 406 g/mol. The summed E-state index contributed by atoms with van der Waals surface area (Å²) in [4.78, 5) is 35.9. The average Bonchev–Trinajstić information content (AvgIpc) is 2.65. The summed E-state index contributed by atoms with van der Waals surface area (Å²) in [5.41, 5.74) is -0.532. The van der Waals surface area contributed by atoms with Crippen LogP contribution in [0, 0.1) is 6.92 Å². The number of benzene rings is 1. The van der Waals surface area contributed by atoms with Gasteiger partial charge >= 0.3 is 17.6 Å². The Balaban J connectivity index is 2.73. The molecule has 156 valence electrons. The van der Waals surface area contributed by atoms with Crippen LogP contribution >= 0.6 is 0 Å². The highest BCUT2D eigenvalue weighted by molar-refractivity contribution is 5.74. The van der Waals surface area contributed by atoms with Crippen LogP contribution in [0.15, 0.2) is 27.4 Å². The van der Waals surface area contributed by atoms with Gasteiger partial charge in [-0.05, 0) is 24.6 Å². The smallest absolute Gasteiger partial charge is 0.343 e. The molecular formula is C20H22O9. The predicted molar refractivity (Wildman–Crippen MR) is 101 cm³/mol. The summed E-state index contributed by atoms with van der Waals surface area (Å²) in [5.74, 6) is -1.92. The number of aromatic hydroxyl groups is 1. The molecule has 1 aromatic heterocycles. The summed E-state index contributed by atoms with van der Waals surface area (Å²) in [7, 11) is 3.93. The first-order chi connectivity index (χ1) is 13.7. The molecule has 1 heterocycles. The molecule has 1 aromatic carbocycles. The topological polar surface area (TPSA) is 122 Å². The van der Waals surface area contributed by atoms with Crippen LogP contribution in [-0.4, -0.2) is 38.4 Å². The lowest BCUT2D eigenvalue weighted by molar-refractivity contribution is -0.140. The van der Waals surface area contributed by atoms with Crippen molar-refractivity contribution >= 4 is 11.9 Å². The molecule has 9 heteroatoms. The van der Waals surface area contributed by atoms with Crippen LogP contribution in [-0.2, 0) is 14.3 Å². The zero-order valence-corrected chi connectivity index (χ0v) is 16.7. The number of ether oxygens (including phenoxy) is 4. The maximum absolute atomic E-state index is 12.5. The third-order valence-electron chi connectivity index (χ3n) is 4.17. The third kappa shape index (κ3) is 4.87. The Kier molecular flexibility index (Phi) is 6.87. The van der Waals surface area contributed by atoms with Gasteiger partial charge in [-0.15, -0.1) is 0 Å². The van der Waals surface area contributed by atoms with Gasteiger partial charge in [-0.25, -0.2) is 4.79 Å². The first kappa shape index (κ1) is 21.8. The van der Waals surface area contributed by atoms with Crippen molar-refractivity contribution < 1.29 is 38.1 Å². The van der Waals surface area contributed by atoms with E-state index in [2.05, 4.69) is 0 Å². The maximum Gasteiger partial charge on any atom is 0.343 e. The number of esters is 2. The lowest BCUT2D eigenvalue weighted by Gasteiger charge is -2.20. The number of hydrogen-bond donors (Lipinski definition) is 1. The Hall–Kier alpha value is -3.49. The van der Waals surface area contributed by atoms with Crippen molar-refractivity contribution in [2.45, 2.75) is 26.2 Å². The number of carbonyl (C=O) groups excluding carboxylic acids is 2. The normalized spacial score (nSPS) is 11.5. The summed E-state index contributed by atoms with van der Waals surface area (Å²) in [6.45, 7) is 2.74. The molecule has 0 aliphatic heterocycles. The number of rotatable bonds is 7. The Morgan fingerprint density at radius 2 is 1.69 bits per heavy atom. The summed E-state index contributed by atoms with van der Waals surface area (Å²) < 4.78 is 25.6. The molecule has 1 atom stereocenters. The van der Waals surface area contributed by atoms with E-state index in [-0.39, 0.29) is 40.7 Å². The molecule has 29 heavy (non-hydrogen) atoms. The summed E-state index contributed by atoms with van der Waals surface area (Å²) >= 11 is 0. The number of aryl methyl sites for hydroxylation is 1. The minimum atomic E-state index is -0.937. The molecule has 2 aromatic rings. The van der Waals surface area contributed by atoms with E-state index in [0.29, 0.717) is 5.56 Å². The van der Waals surface area contributed by atoms with E-state index in [0.717, 1.165) is 0 Å². The van der Waals surface area contributed by atoms with Gasteiger partial charge in [0.15, 0.2) is 11.5 Å². The fourth-order valence-corrected chi connectivity index (χ4v) is 2.91. The third-order valence-corrected chi connectivity index (χ3v) is 4.17. The zero-order chi connectivity index (χ0) is 21.7. The highest BCUT2D eigenvalue weighted by Gasteiger charge is 2.29. The molecule has 0 aliphatic carbocycles. The van der Waals surface area contributed by atoms with Gasteiger partial charge in [0, 0.05) is 18.9 Å². The Bertz CT molecular complexity index is 949. The SMILES string of the molecule is COC(=O)C[C@H](c1cc(OC)c(OC(C)=O)c(OC)c1)c1c(O)cc(C)oc1=O. The van der Waals surface area contributed by atoms with Crippen LogP contribution in [0.25, 0.3) is 0 Å². The molecule has 0 amide bonds. The van der Waals surface area contributed by atoms with Crippen molar-refractivity contribution in [3.8, 4) is 23.0 Å². The van der Waals surface area contributed by atoms with Crippen molar-refractivity contribution in [3.63, 3.8) is 0 Å². The highest BCUT2D eigenvalue weighted by atomic mass is 16.6. The lowest BCUT2D eigenvalue weighted by Crippen LogP contribution is -2.18. The van der Waals surface area contributed by atoms with Gasteiger partial charge in [-0.3, -0.25) is 9.59 Å². The lowest BCUT2D eigenvalue weighted by atomic mass is 9.88. The van der Waals surface area contributed by atoms with Crippen molar-refractivity contribution in [1.29, 1.82) is 0 Å². The molecule has 0 spiro atoms. The second-order valence-electron chi connectivity index (χ2n) is 6.12. The minimum absolute atomic E-state index is 0.0447. The largest absolute Gasteiger partial charge is 0.507 e. The van der Waals surface area contributed by atoms with E-state index in [9.17, 15) is 19.5 Å². The van der Waals surface area contributed by atoms with E-state index in [1.165, 1.54) is 53.4 Å². The fraction of sp³-hybridized carbons (Fsp3) is 0.350. The molecule has 0 saturated heterocycles. The van der Waals surface area contributed by atoms with Crippen molar-refractivity contribution in [2.75, 3.05) is 21.3 Å². The molecule has 0 bridgehead atoms. The van der Waals surface area contributed by atoms with Gasteiger partial charge in [0.1, 0.15) is 11.5 Å². The van der Waals surface area contributed by atoms with Gasteiger partial charge in [-0.1, -0.05) is 0 Å². The Morgan fingerprint density at radius 1 is 1.10 bits per heavy atom.